The molecule has 0 aliphatic carbocycles. The molecule has 4 nitrogen and oxygen atoms in total. The van der Waals surface area contributed by atoms with Crippen molar-refractivity contribution in [3.63, 3.8) is 0 Å². The van der Waals surface area contributed by atoms with Crippen LogP contribution >= 0.6 is 0 Å². The molecule has 0 N–H and O–H groups in total. The monoisotopic (exact) mass is 312 g/mol. The molecule has 0 fully saturated rings. The standard InChI is InChI=1S/C14H8F4N2O2/c1-22-12-6-11(10(15)4-8(12)7-19)20-3-2-9(5-13(20)21)14(16,17)18/h2-6H,1H3. The summed E-state index contributed by atoms with van der Waals surface area (Å²) in [5, 5.41) is 8.83. The van der Waals surface area contributed by atoms with Crippen LogP contribution in [0.1, 0.15) is 11.1 Å². The molecule has 0 aliphatic heterocycles. The fourth-order valence-corrected chi connectivity index (χ4v) is 1.84. The number of halogens is 4. The van der Waals surface area contributed by atoms with Crippen LogP contribution in [0.4, 0.5) is 17.6 Å². The molecule has 114 valence electrons. The van der Waals surface area contributed by atoms with Crippen LogP contribution in [-0.2, 0) is 6.18 Å². The third-order valence-corrected chi connectivity index (χ3v) is 2.90. The molecule has 0 saturated carbocycles. The second kappa shape index (κ2) is 5.52. The summed E-state index contributed by atoms with van der Waals surface area (Å²) in [6, 6.07) is 4.65. The minimum atomic E-state index is -4.67. The molecule has 1 heterocycles. The number of benzene rings is 1. The van der Waals surface area contributed by atoms with Gasteiger partial charge in [-0.05, 0) is 12.1 Å². The summed E-state index contributed by atoms with van der Waals surface area (Å²) in [4.78, 5) is 11.8. The SMILES string of the molecule is COc1cc(-n2ccc(C(F)(F)F)cc2=O)c(F)cc1C#N. The normalized spacial score (nSPS) is 11.1. The van der Waals surface area contributed by atoms with Crippen molar-refractivity contribution in [2.75, 3.05) is 7.11 Å². The second-order valence-corrected chi connectivity index (χ2v) is 4.24. The summed E-state index contributed by atoms with van der Waals surface area (Å²) < 4.78 is 57.1. The van der Waals surface area contributed by atoms with Crippen LogP contribution in [0.15, 0.2) is 35.3 Å². The van der Waals surface area contributed by atoms with Gasteiger partial charge in [0.1, 0.15) is 17.6 Å². The molecule has 0 atom stereocenters. The first-order chi connectivity index (χ1) is 10.3. The lowest BCUT2D eigenvalue weighted by molar-refractivity contribution is -0.137. The van der Waals surface area contributed by atoms with Crippen molar-refractivity contribution in [1.82, 2.24) is 4.57 Å². The number of ether oxygens (including phenoxy) is 1. The van der Waals surface area contributed by atoms with Gasteiger partial charge in [-0.3, -0.25) is 9.36 Å². The van der Waals surface area contributed by atoms with E-state index in [1.165, 1.54) is 7.11 Å². The number of nitriles is 1. The first kappa shape index (κ1) is 15.6. The van der Waals surface area contributed by atoms with E-state index in [1.807, 2.05) is 0 Å². The lowest BCUT2D eigenvalue weighted by atomic mass is 10.1. The summed E-state index contributed by atoms with van der Waals surface area (Å²) in [5.74, 6) is -0.926. The number of nitrogens with zero attached hydrogens (tertiary/aromatic N) is 2. The molecule has 0 spiro atoms. The third-order valence-electron chi connectivity index (χ3n) is 2.90. The average Bonchev–Trinajstić information content (AvgIpc) is 2.46. The van der Waals surface area contributed by atoms with Gasteiger partial charge in [-0.15, -0.1) is 0 Å². The molecule has 0 aliphatic rings. The largest absolute Gasteiger partial charge is 0.495 e. The van der Waals surface area contributed by atoms with Gasteiger partial charge in [0, 0.05) is 18.3 Å². The number of hydrogen-bond acceptors (Lipinski definition) is 3. The van der Waals surface area contributed by atoms with Crippen LogP contribution in [0.25, 0.3) is 5.69 Å². The predicted octanol–water partition coefficient (Wildman–Crippen LogP) is 2.88. The van der Waals surface area contributed by atoms with E-state index in [0.29, 0.717) is 16.7 Å². The van der Waals surface area contributed by atoms with Crippen molar-refractivity contribution in [2.24, 2.45) is 0 Å². The van der Waals surface area contributed by atoms with E-state index in [9.17, 15) is 22.4 Å². The molecule has 0 bridgehead atoms. The second-order valence-electron chi connectivity index (χ2n) is 4.24. The maximum Gasteiger partial charge on any atom is 0.416 e. The Morgan fingerprint density at radius 2 is 1.95 bits per heavy atom. The van der Waals surface area contributed by atoms with Gasteiger partial charge in [0.05, 0.1) is 23.9 Å². The molecule has 2 aromatic rings. The summed E-state index contributed by atoms with van der Waals surface area (Å²) in [6.45, 7) is 0. The molecular formula is C14H8F4N2O2. The Balaban J connectivity index is 2.63. The van der Waals surface area contributed by atoms with Crippen molar-refractivity contribution >= 4 is 0 Å². The highest BCUT2D eigenvalue weighted by Gasteiger charge is 2.31. The first-order valence-electron chi connectivity index (χ1n) is 5.86. The van der Waals surface area contributed by atoms with Gasteiger partial charge in [0.2, 0.25) is 0 Å². The Morgan fingerprint density at radius 3 is 2.45 bits per heavy atom. The number of alkyl halides is 3. The maximum absolute atomic E-state index is 14.0. The molecule has 22 heavy (non-hydrogen) atoms. The van der Waals surface area contributed by atoms with Gasteiger partial charge in [-0.1, -0.05) is 0 Å². The van der Waals surface area contributed by atoms with Gasteiger partial charge in [-0.2, -0.15) is 18.4 Å². The molecule has 0 unspecified atom stereocenters. The topological polar surface area (TPSA) is 55.0 Å². The number of pyridine rings is 1. The van der Waals surface area contributed by atoms with Crippen molar-refractivity contribution in [3.05, 3.63) is 57.8 Å². The van der Waals surface area contributed by atoms with E-state index in [2.05, 4.69) is 0 Å². The van der Waals surface area contributed by atoms with Crippen LogP contribution in [0, 0.1) is 17.1 Å². The molecule has 0 amide bonds. The average molecular weight is 312 g/mol. The number of rotatable bonds is 2. The minimum absolute atomic E-state index is 0.00528. The Bertz CT molecular complexity index is 819. The van der Waals surface area contributed by atoms with Gasteiger partial charge >= 0.3 is 6.18 Å². The molecule has 1 aromatic heterocycles. The Labute approximate surface area is 121 Å². The van der Waals surface area contributed by atoms with E-state index in [4.69, 9.17) is 10.00 Å². The van der Waals surface area contributed by atoms with Crippen molar-refractivity contribution < 1.29 is 22.3 Å². The van der Waals surface area contributed by atoms with E-state index < -0.39 is 23.1 Å². The zero-order valence-corrected chi connectivity index (χ0v) is 11.1. The zero-order chi connectivity index (χ0) is 16.5. The minimum Gasteiger partial charge on any atom is -0.495 e. The molecule has 0 saturated heterocycles. The highest BCUT2D eigenvalue weighted by molar-refractivity contribution is 5.51. The number of hydrogen-bond donors (Lipinski definition) is 0. The number of aromatic nitrogens is 1. The van der Waals surface area contributed by atoms with Crippen LogP contribution in [0.5, 0.6) is 5.75 Å². The van der Waals surface area contributed by atoms with Crippen LogP contribution in [0.2, 0.25) is 0 Å². The van der Waals surface area contributed by atoms with E-state index in [0.717, 1.165) is 18.3 Å². The summed E-state index contributed by atoms with van der Waals surface area (Å²) in [5.41, 5.74) is -2.59. The highest BCUT2D eigenvalue weighted by atomic mass is 19.4. The third kappa shape index (κ3) is 2.79. The molecule has 1 aromatic carbocycles. The summed E-state index contributed by atoms with van der Waals surface area (Å²) in [6.07, 6.45) is -3.85. The summed E-state index contributed by atoms with van der Waals surface area (Å²) in [7, 11) is 1.24. The van der Waals surface area contributed by atoms with Crippen LogP contribution in [0.3, 0.4) is 0 Å². The molecule has 2 rings (SSSR count). The van der Waals surface area contributed by atoms with Crippen molar-refractivity contribution in [3.8, 4) is 17.5 Å². The van der Waals surface area contributed by atoms with Crippen LogP contribution < -0.4 is 10.3 Å². The van der Waals surface area contributed by atoms with Gasteiger partial charge in [0.15, 0.2) is 0 Å². The molecular weight excluding hydrogens is 304 g/mol. The predicted molar refractivity (Wildman–Crippen MR) is 68.3 cm³/mol. The van der Waals surface area contributed by atoms with E-state index in [1.54, 1.807) is 6.07 Å². The van der Waals surface area contributed by atoms with Crippen molar-refractivity contribution in [2.45, 2.75) is 6.18 Å². The first-order valence-corrected chi connectivity index (χ1v) is 5.86. The Morgan fingerprint density at radius 1 is 1.27 bits per heavy atom. The summed E-state index contributed by atoms with van der Waals surface area (Å²) >= 11 is 0. The lowest BCUT2D eigenvalue weighted by Gasteiger charge is -2.12. The molecule has 0 radical (unpaired) electrons. The fraction of sp³-hybridized carbons (Fsp3) is 0.143. The Hall–Kier alpha value is -2.82. The fourth-order valence-electron chi connectivity index (χ4n) is 1.84. The van der Waals surface area contributed by atoms with Gasteiger partial charge < -0.3 is 4.74 Å². The number of methoxy groups -OCH3 is 1. The van der Waals surface area contributed by atoms with Crippen LogP contribution in [-0.4, -0.2) is 11.7 Å². The van der Waals surface area contributed by atoms with Gasteiger partial charge in [-0.25, -0.2) is 4.39 Å². The lowest BCUT2D eigenvalue weighted by Crippen LogP contribution is -2.21. The van der Waals surface area contributed by atoms with E-state index in [-0.39, 0.29) is 17.0 Å². The van der Waals surface area contributed by atoms with Gasteiger partial charge in [0.25, 0.3) is 5.56 Å². The quantitative estimate of drug-likeness (QED) is 0.801. The van der Waals surface area contributed by atoms with E-state index >= 15 is 0 Å². The van der Waals surface area contributed by atoms with Crippen molar-refractivity contribution in [1.29, 1.82) is 5.26 Å². The highest BCUT2D eigenvalue weighted by Crippen LogP contribution is 2.29. The zero-order valence-electron chi connectivity index (χ0n) is 11.1. The maximum atomic E-state index is 14.0. The smallest absolute Gasteiger partial charge is 0.416 e. The molecule has 8 heteroatoms. The Kier molecular flexibility index (Phi) is 3.91.